The Labute approximate surface area is 193 Å². The average molecular weight is 458 g/mol. The van der Waals surface area contributed by atoms with Crippen LogP contribution in [0.1, 0.15) is 25.0 Å². The first-order valence-electron chi connectivity index (χ1n) is 10.6. The van der Waals surface area contributed by atoms with Gasteiger partial charge in [-0.3, -0.25) is 9.59 Å². The summed E-state index contributed by atoms with van der Waals surface area (Å²) in [7, 11) is 1.60. The summed E-state index contributed by atoms with van der Waals surface area (Å²) in [5.41, 5.74) is 8.01. The minimum atomic E-state index is -1.39. The van der Waals surface area contributed by atoms with E-state index < -0.39 is 28.8 Å². The molecule has 0 spiro atoms. The number of aliphatic hydroxyl groups excluding tert-OH is 1. The monoisotopic (exact) mass is 457 g/mol. The van der Waals surface area contributed by atoms with E-state index in [1.54, 1.807) is 7.11 Å². The number of carbonyl (C=O) groups is 2. The first-order chi connectivity index (χ1) is 15.2. The molecule has 0 aromatic heterocycles. The van der Waals surface area contributed by atoms with Crippen molar-refractivity contribution in [1.82, 2.24) is 10.2 Å². The quantitative estimate of drug-likeness (QED) is 0.559. The van der Waals surface area contributed by atoms with E-state index in [0.717, 1.165) is 16.9 Å². The van der Waals surface area contributed by atoms with Gasteiger partial charge in [0.05, 0.1) is 13.0 Å². The van der Waals surface area contributed by atoms with Gasteiger partial charge in [0.15, 0.2) is 0 Å². The van der Waals surface area contributed by atoms with Crippen molar-refractivity contribution in [3.05, 3.63) is 65.7 Å². The van der Waals surface area contributed by atoms with Gasteiger partial charge in [0, 0.05) is 17.3 Å². The van der Waals surface area contributed by atoms with Crippen LogP contribution in [0, 0.1) is 0 Å². The number of rotatable bonds is 8. The fourth-order valence-electron chi connectivity index (χ4n) is 3.79. The molecule has 1 heterocycles. The summed E-state index contributed by atoms with van der Waals surface area (Å²) in [5, 5.41) is 13.6. The molecule has 1 fully saturated rings. The average Bonchev–Trinajstić information content (AvgIpc) is 3.12. The number of benzene rings is 2. The van der Waals surface area contributed by atoms with Crippen LogP contribution in [0.2, 0.25) is 0 Å². The molecule has 1 aliphatic rings. The normalized spacial score (nSPS) is 19.3. The molecule has 0 bridgehead atoms. The highest BCUT2D eigenvalue weighted by molar-refractivity contribution is 8.00. The molecule has 4 N–H and O–H groups in total. The van der Waals surface area contributed by atoms with Crippen molar-refractivity contribution in [2.75, 3.05) is 13.0 Å². The van der Waals surface area contributed by atoms with E-state index in [0.29, 0.717) is 18.8 Å². The maximum atomic E-state index is 13.1. The maximum absolute atomic E-state index is 13.1. The maximum Gasteiger partial charge on any atom is 0.254 e. The molecule has 172 valence electrons. The number of nitrogens with one attached hydrogen (secondary N) is 1. The van der Waals surface area contributed by atoms with Crippen LogP contribution < -0.4 is 15.8 Å². The van der Waals surface area contributed by atoms with Crippen molar-refractivity contribution in [2.45, 2.75) is 49.7 Å². The first-order valence-corrected chi connectivity index (χ1v) is 11.5. The van der Waals surface area contributed by atoms with Crippen LogP contribution in [0.4, 0.5) is 0 Å². The number of thioether (sulfide) groups is 1. The Hall–Kier alpha value is -2.55. The molecule has 7 nitrogen and oxygen atoms in total. The number of ether oxygens (including phenoxy) is 1. The zero-order valence-electron chi connectivity index (χ0n) is 18.7. The lowest BCUT2D eigenvalue weighted by atomic mass is 9.97. The van der Waals surface area contributed by atoms with E-state index in [2.05, 4.69) is 5.32 Å². The lowest BCUT2D eigenvalue weighted by Gasteiger charge is -2.32. The Morgan fingerprint density at radius 2 is 1.84 bits per heavy atom. The van der Waals surface area contributed by atoms with Gasteiger partial charge < -0.3 is 25.8 Å². The Morgan fingerprint density at radius 1 is 1.19 bits per heavy atom. The van der Waals surface area contributed by atoms with Crippen molar-refractivity contribution < 1.29 is 19.4 Å². The molecule has 3 rings (SSSR count). The summed E-state index contributed by atoms with van der Waals surface area (Å²) < 4.78 is 4.66. The van der Waals surface area contributed by atoms with Crippen molar-refractivity contribution in [3.63, 3.8) is 0 Å². The van der Waals surface area contributed by atoms with E-state index in [9.17, 15) is 14.7 Å². The van der Waals surface area contributed by atoms with Gasteiger partial charge >= 0.3 is 0 Å². The minimum Gasteiger partial charge on any atom is -0.497 e. The number of carbonyl (C=O) groups excluding carboxylic acids is 2. The van der Waals surface area contributed by atoms with Crippen LogP contribution >= 0.6 is 11.8 Å². The first kappa shape index (κ1) is 24.1. The number of hydrogen-bond acceptors (Lipinski definition) is 6. The standard InChI is InChI=1S/C24H31N3O4S/c1-24(2)21(22(29)26-14-17-9-11-18(31-3)12-10-17)27(15-32-24)23(30)20(28)19(25)13-16-7-5-4-6-8-16/h4-12,19-21,28H,13-15,25H2,1-3H3,(H,26,29)/t19-,20-,21+/m0/s1. The van der Waals surface area contributed by atoms with Crippen LogP contribution in [0.5, 0.6) is 5.75 Å². The lowest BCUT2D eigenvalue weighted by molar-refractivity contribution is -0.147. The summed E-state index contributed by atoms with van der Waals surface area (Å²) in [6.45, 7) is 4.19. The second-order valence-electron chi connectivity index (χ2n) is 8.45. The van der Waals surface area contributed by atoms with E-state index in [1.807, 2.05) is 68.4 Å². The molecule has 32 heavy (non-hydrogen) atoms. The Balaban J connectivity index is 1.66. The van der Waals surface area contributed by atoms with E-state index in [1.165, 1.54) is 16.7 Å². The highest BCUT2D eigenvalue weighted by Crippen LogP contribution is 2.39. The SMILES string of the molecule is COc1ccc(CNC(=O)[C@H]2N(C(=O)[C@@H](O)[C@@H](N)Cc3ccccc3)CSC2(C)C)cc1. The number of hydrogen-bond donors (Lipinski definition) is 3. The fraction of sp³-hybridized carbons (Fsp3) is 0.417. The third kappa shape index (κ3) is 5.62. The third-order valence-corrected chi connectivity index (χ3v) is 7.05. The molecule has 0 unspecified atom stereocenters. The van der Waals surface area contributed by atoms with Gasteiger partial charge in [0.2, 0.25) is 5.91 Å². The van der Waals surface area contributed by atoms with E-state index in [-0.39, 0.29) is 5.91 Å². The smallest absolute Gasteiger partial charge is 0.254 e. The van der Waals surface area contributed by atoms with Crippen molar-refractivity contribution in [3.8, 4) is 5.75 Å². The van der Waals surface area contributed by atoms with Crippen LogP contribution in [-0.4, -0.2) is 57.7 Å². The van der Waals surface area contributed by atoms with E-state index >= 15 is 0 Å². The number of methoxy groups -OCH3 is 1. The predicted octanol–water partition coefficient (Wildman–Crippen LogP) is 1.92. The molecule has 2 aromatic carbocycles. The Morgan fingerprint density at radius 3 is 2.47 bits per heavy atom. The van der Waals surface area contributed by atoms with Crippen LogP contribution in [0.3, 0.4) is 0 Å². The predicted molar refractivity (Wildman–Crippen MR) is 126 cm³/mol. The van der Waals surface area contributed by atoms with Gasteiger partial charge in [0.1, 0.15) is 17.9 Å². The fourth-order valence-corrected chi connectivity index (χ4v) is 4.93. The number of nitrogens with two attached hydrogens (primary N) is 1. The second kappa shape index (κ2) is 10.4. The highest BCUT2D eigenvalue weighted by atomic mass is 32.2. The Kier molecular flexibility index (Phi) is 7.82. The molecular formula is C24H31N3O4S. The minimum absolute atomic E-state index is 0.256. The second-order valence-corrected chi connectivity index (χ2v) is 10.1. The number of amides is 2. The van der Waals surface area contributed by atoms with Gasteiger partial charge in [-0.2, -0.15) is 0 Å². The molecule has 8 heteroatoms. The zero-order chi connectivity index (χ0) is 23.3. The Bertz CT molecular complexity index is 921. The van der Waals surface area contributed by atoms with Crippen molar-refractivity contribution >= 4 is 23.6 Å². The molecule has 0 aliphatic carbocycles. The number of aliphatic hydroxyl groups is 1. The number of nitrogens with zero attached hydrogens (tertiary/aromatic N) is 1. The van der Waals surface area contributed by atoms with Crippen molar-refractivity contribution in [2.24, 2.45) is 5.73 Å². The highest BCUT2D eigenvalue weighted by Gasteiger charge is 2.49. The van der Waals surface area contributed by atoms with Gasteiger partial charge in [-0.15, -0.1) is 11.8 Å². The molecule has 1 aliphatic heterocycles. The summed E-state index contributed by atoms with van der Waals surface area (Å²) in [6, 6.07) is 15.4. The lowest BCUT2D eigenvalue weighted by Crippen LogP contribution is -2.57. The van der Waals surface area contributed by atoms with Crippen LogP contribution in [-0.2, 0) is 22.6 Å². The molecule has 2 amide bonds. The summed E-state index contributed by atoms with van der Waals surface area (Å²) in [6.07, 6.45) is -1.02. The van der Waals surface area contributed by atoms with Crippen LogP contribution in [0.25, 0.3) is 0 Å². The summed E-state index contributed by atoms with van der Waals surface area (Å²) in [4.78, 5) is 27.7. The molecular weight excluding hydrogens is 426 g/mol. The molecule has 3 atom stereocenters. The molecule has 1 saturated heterocycles. The third-order valence-electron chi connectivity index (χ3n) is 5.68. The van der Waals surface area contributed by atoms with Gasteiger partial charge in [-0.25, -0.2) is 0 Å². The van der Waals surface area contributed by atoms with Gasteiger partial charge in [-0.05, 0) is 43.5 Å². The molecule has 2 aromatic rings. The van der Waals surface area contributed by atoms with Crippen LogP contribution in [0.15, 0.2) is 54.6 Å². The van der Waals surface area contributed by atoms with Gasteiger partial charge in [-0.1, -0.05) is 42.5 Å². The summed E-state index contributed by atoms with van der Waals surface area (Å²) in [5.74, 6) is 0.289. The largest absolute Gasteiger partial charge is 0.497 e. The zero-order valence-corrected chi connectivity index (χ0v) is 19.5. The topological polar surface area (TPSA) is 105 Å². The summed E-state index contributed by atoms with van der Waals surface area (Å²) >= 11 is 1.51. The van der Waals surface area contributed by atoms with Crippen molar-refractivity contribution in [1.29, 1.82) is 0 Å². The molecule has 0 saturated carbocycles. The van der Waals surface area contributed by atoms with Gasteiger partial charge in [0.25, 0.3) is 5.91 Å². The molecule has 0 radical (unpaired) electrons. The van der Waals surface area contributed by atoms with E-state index in [4.69, 9.17) is 10.5 Å².